The van der Waals surface area contributed by atoms with Crippen molar-refractivity contribution in [1.29, 1.82) is 0 Å². The van der Waals surface area contributed by atoms with Crippen molar-refractivity contribution in [2.24, 2.45) is 0 Å². The molecule has 10 aromatic rings. The molecule has 0 bridgehead atoms. The zero-order valence-corrected chi connectivity index (χ0v) is 28.1. The third-order valence-electron chi connectivity index (χ3n) is 9.12. The van der Waals surface area contributed by atoms with Crippen molar-refractivity contribution in [2.45, 2.75) is 0 Å². The molecule has 0 aliphatic rings. The summed E-state index contributed by atoms with van der Waals surface area (Å²) in [6.45, 7) is 0. The second-order valence-electron chi connectivity index (χ2n) is 11.5. The Morgan fingerprint density at radius 1 is 0.289 bits per heavy atom. The summed E-state index contributed by atoms with van der Waals surface area (Å²) >= 11 is 10.8. The first kappa shape index (κ1) is 26.0. The lowest BCUT2D eigenvalue weighted by molar-refractivity contribution is 1.40. The summed E-state index contributed by atoms with van der Waals surface area (Å²) in [6.07, 6.45) is 0. The third kappa shape index (κ3) is 3.64. The molecule has 6 heteroatoms. The van der Waals surface area contributed by atoms with Gasteiger partial charge < -0.3 is 0 Å². The summed E-state index contributed by atoms with van der Waals surface area (Å²) in [7, 11) is 0. The Bertz CT molecular complexity index is 2420. The Labute approximate surface area is 282 Å². The largest absolute Gasteiger partial charge is 0.247 e. The van der Waals surface area contributed by atoms with E-state index >= 15 is 0 Å². The highest BCUT2D eigenvalue weighted by molar-refractivity contribution is 9.11. The van der Waals surface area contributed by atoms with E-state index in [0.29, 0.717) is 0 Å². The molecule has 3 nitrogen and oxygen atoms in total. The highest BCUT2D eigenvalue weighted by Gasteiger charge is 2.26. The number of hydrogen-bond donors (Lipinski definition) is 0. The maximum absolute atomic E-state index is 5.36. The highest BCUT2D eigenvalue weighted by Crippen LogP contribution is 2.51. The van der Waals surface area contributed by atoms with Crippen LogP contribution in [-0.4, -0.2) is 15.0 Å². The van der Waals surface area contributed by atoms with Gasteiger partial charge in [-0.2, -0.15) is 0 Å². The van der Waals surface area contributed by atoms with Gasteiger partial charge in [0.15, 0.2) is 0 Å². The number of benzene rings is 7. The quantitative estimate of drug-likeness (QED) is 0.133. The Hall–Kier alpha value is -4.23. The smallest absolute Gasteiger partial charge is 0.0788 e. The lowest BCUT2D eigenvalue weighted by Gasteiger charge is -2.23. The van der Waals surface area contributed by atoms with Gasteiger partial charge in [0.2, 0.25) is 0 Å². The van der Waals surface area contributed by atoms with Gasteiger partial charge in [-0.3, -0.25) is 0 Å². The molecule has 210 valence electrons. The van der Waals surface area contributed by atoms with E-state index in [1.165, 1.54) is 32.3 Å². The van der Waals surface area contributed by atoms with Gasteiger partial charge in [0, 0.05) is 78.6 Å². The van der Waals surface area contributed by atoms with Gasteiger partial charge in [-0.25, -0.2) is 15.0 Å². The predicted molar refractivity (Wildman–Crippen MR) is 198 cm³/mol. The Kier molecular flexibility index (Phi) is 5.43. The van der Waals surface area contributed by atoms with Gasteiger partial charge in [0.1, 0.15) is 0 Å². The van der Waals surface area contributed by atoms with E-state index in [4.69, 9.17) is 15.0 Å². The van der Waals surface area contributed by atoms with Gasteiger partial charge in [-0.15, -0.1) is 0 Å². The van der Waals surface area contributed by atoms with Gasteiger partial charge >= 0.3 is 0 Å². The highest BCUT2D eigenvalue weighted by atomic mass is 79.9. The monoisotopic (exact) mass is 765 g/mol. The van der Waals surface area contributed by atoms with Crippen LogP contribution in [0.2, 0.25) is 0 Å². The van der Waals surface area contributed by atoms with Crippen LogP contribution in [-0.2, 0) is 0 Å². The minimum atomic E-state index is 0.981. The first-order chi connectivity index (χ1) is 22.0. The number of pyridine rings is 3. The van der Waals surface area contributed by atoms with Crippen molar-refractivity contribution in [2.75, 3.05) is 0 Å². The number of hydrogen-bond acceptors (Lipinski definition) is 3. The molecule has 10 rings (SSSR count). The van der Waals surface area contributed by atoms with Gasteiger partial charge in [-0.1, -0.05) is 84.2 Å². The van der Waals surface area contributed by atoms with Crippen LogP contribution >= 0.6 is 47.8 Å². The summed E-state index contributed by atoms with van der Waals surface area (Å²) in [6, 6.07) is 38.5. The molecule has 3 heterocycles. The maximum Gasteiger partial charge on any atom is 0.0788 e. The van der Waals surface area contributed by atoms with Crippen LogP contribution in [0.4, 0.5) is 0 Å². The maximum atomic E-state index is 5.36. The topological polar surface area (TPSA) is 38.7 Å². The summed E-state index contributed by atoms with van der Waals surface area (Å²) in [5, 5.41) is 10.6. The van der Waals surface area contributed by atoms with E-state index in [1.54, 1.807) is 0 Å². The minimum Gasteiger partial charge on any atom is -0.247 e. The molecule has 0 amide bonds. The molecule has 0 atom stereocenters. The SMILES string of the molecule is Brc1ccc(-c2nc3ccc4c(-c5ccc(Br)cc5)nc5ccc6c(-c7ccc(Br)cc7)nc7ccc2c2c7c6c5c4c32)cc1. The van der Waals surface area contributed by atoms with Crippen molar-refractivity contribution in [3.8, 4) is 33.8 Å². The summed E-state index contributed by atoms with van der Waals surface area (Å²) in [5.74, 6) is 0. The molecule has 0 unspecified atom stereocenters. The van der Waals surface area contributed by atoms with Crippen LogP contribution < -0.4 is 0 Å². The number of nitrogens with zero attached hydrogens (tertiary/aromatic N) is 3. The molecule has 0 radical (unpaired) electrons. The number of aromatic nitrogens is 3. The second kappa shape index (κ2) is 9.39. The number of halogens is 3. The molecule has 0 spiro atoms. The van der Waals surface area contributed by atoms with Crippen LogP contribution in [0.25, 0.3) is 98.8 Å². The number of rotatable bonds is 3. The zero-order valence-electron chi connectivity index (χ0n) is 23.4. The van der Waals surface area contributed by atoms with Crippen LogP contribution in [0.5, 0.6) is 0 Å². The zero-order chi connectivity index (χ0) is 30.0. The first-order valence-electron chi connectivity index (χ1n) is 14.6. The standard InChI is InChI=1S/C39H18Br3N3/c40-22-7-1-19(2-8-22)37-25-13-16-29-35-31(25)34-28(43-37)17-14-26-32(34)36-30(45-38(26)20-3-9-23(41)10-4-20)18-15-27(33(35)36)39(44-29)21-5-11-24(42)12-6-21/h1-18H. The minimum absolute atomic E-state index is 0.981. The van der Waals surface area contributed by atoms with Gasteiger partial charge in [-0.05, 0) is 72.8 Å². The summed E-state index contributed by atoms with van der Waals surface area (Å²) < 4.78 is 3.14. The molecule has 45 heavy (non-hydrogen) atoms. The fourth-order valence-electron chi connectivity index (χ4n) is 7.21. The molecule has 0 aliphatic heterocycles. The van der Waals surface area contributed by atoms with Crippen molar-refractivity contribution in [3.05, 3.63) is 123 Å². The van der Waals surface area contributed by atoms with E-state index in [0.717, 1.165) is 79.9 Å². The van der Waals surface area contributed by atoms with E-state index in [9.17, 15) is 0 Å². The van der Waals surface area contributed by atoms with Crippen molar-refractivity contribution < 1.29 is 0 Å². The molecule has 3 aromatic heterocycles. The van der Waals surface area contributed by atoms with E-state index < -0.39 is 0 Å². The Morgan fingerprint density at radius 3 is 0.822 bits per heavy atom. The van der Waals surface area contributed by atoms with Crippen LogP contribution in [0, 0.1) is 0 Å². The van der Waals surface area contributed by atoms with E-state index in [2.05, 4.69) is 157 Å². The van der Waals surface area contributed by atoms with E-state index in [-0.39, 0.29) is 0 Å². The lowest BCUT2D eigenvalue weighted by atomic mass is 9.84. The van der Waals surface area contributed by atoms with Crippen molar-refractivity contribution >= 4 is 113 Å². The van der Waals surface area contributed by atoms with Gasteiger partial charge in [0.05, 0.1) is 33.6 Å². The fraction of sp³-hybridized carbons (Fsp3) is 0. The average Bonchev–Trinajstić information content (AvgIpc) is 3.07. The molecular formula is C39H18Br3N3. The molecule has 0 saturated heterocycles. The molecule has 0 saturated carbocycles. The van der Waals surface area contributed by atoms with Crippen molar-refractivity contribution in [3.63, 3.8) is 0 Å². The third-order valence-corrected chi connectivity index (χ3v) is 10.7. The van der Waals surface area contributed by atoms with Crippen LogP contribution in [0.3, 0.4) is 0 Å². The first-order valence-corrected chi connectivity index (χ1v) is 17.0. The molecule has 0 N–H and O–H groups in total. The fourth-order valence-corrected chi connectivity index (χ4v) is 8.00. The second-order valence-corrected chi connectivity index (χ2v) is 14.3. The molecule has 0 fully saturated rings. The summed E-state index contributed by atoms with van der Waals surface area (Å²) in [4.78, 5) is 16.1. The van der Waals surface area contributed by atoms with Crippen LogP contribution in [0.15, 0.2) is 123 Å². The van der Waals surface area contributed by atoms with E-state index in [1.807, 2.05) is 0 Å². The molecule has 0 aliphatic carbocycles. The Morgan fingerprint density at radius 2 is 0.556 bits per heavy atom. The average molecular weight is 768 g/mol. The summed E-state index contributed by atoms with van der Waals surface area (Å²) in [5.41, 5.74) is 9.15. The van der Waals surface area contributed by atoms with Crippen LogP contribution in [0.1, 0.15) is 0 Å². The molecule has 7 aromatic carbocycles. The predicted octanol–water partition coefficient (Wildman–Crippen LogP) is 12.4. The Balaban J connectivity index is 1.46. The lowest BCUT2D eigenvalue weighted by Crippen LogP contribution is -2.00. The van der Waals surface area contributed by atoms with Crippen molar-refractivity contribution in [1.82, 2.24) is 15.0 Å². The normalized spacial score (nSPS) is 12.3. The molecular weight excluding hydrogens is 750 g/mol. The van der Waals surface area contributed by atoms with Gasteiger partial charge in [0.25, 0.3) is 0 Å².